The first-order valence-electron chi connectivity index (χ1n) is 6.15. The molecule has 0 saturated carbocycles. The number of hydrogen-bond donors (Lipinski definition) is 1. The zero-order chi connectivity index (χ0) is 13.5. The van der Waals surface area contributed by atoms with E-state index in [9.17, 15) is 0 Å². The van der Waals surface area contributed by atoms with Crippen LogP contribution in [0, 0.1) is 0 Å². The summed E-state index contributed by atoms with van der Waals surface area (Å²) in [5.41, 5.74) is 2.35. The average molecular weight is 274 g/mol. The highest BCUT2D eigenvalue weighted by molar-refractivity contribution is 7.98. The van der Waals surface area contributed by atoms with Crippen molar-refractivity contribution < 1.29 is 4.74 Å². The third kappa shape index (κ3) is 3.98. The minimum absolute atomic E-state index is 0.688. The van der Waals surface area contributed by atoms with Crippen molar-refractivity contribution in [3.8, 4) is 5.88 Å². The summed E-state index contributed by atoms with van der Waals surface area (Å²) in [7, 11) is 1.65. The van der Waals surface area contributed by atoms with Crippen LogP contribution < -0.4 is 10.1 Å². The van der Waals surface area contributed by atoms with Gasteiger partial charge >= 0.3 is 0 Å². The number of pyridine rings is 1. The third-order valence-corrected chi connectivity index (χ3v) is 3.59. The molecule has 0 atom stereocenters. The topological polar surface area (TPSA) is 34.1 Å². The molecule has 0 unspecified atom stereocenters. The SMILES string of the molecule is COc1ncccc1CNCc1ccc(SC)cc1. The molecule has 1 N–H and O–H groups in total. The number of rotatable bonds is 6. The molecule has 0 aliphatic heterocycles. The van der Waals surface area contributed by atoms with Crippen LogP contribution in [-0.4, -0.2) is 18.3 Å². The van der Waals surface area contributed by atoms with E-state index in [1.54, 1.807) is 25.1 Å². The zero-order valence-corrected chi connectivity index (χ0v) is 12.0. The number of thioether (sulfide) groups is 1. The summed E-state index contributed by atoms with van der Waals surface area (Å²) < 4.78 is 5.22. The Morgan fingerprint density at radius 3 is 2.63 bits per heavy atom. The predicted octanol–water partition coefficient (Wildman–Crippen LogP) is 3.10. The third-order valence-electron chi connectivity index (χ3n) is 2.85. The zero-order valence-electron chi connectivity index (χ0n) is 11.2. The number of ether oxygens (including phenoxy) is 1. The number of benzene rings is 1. The first kappa shape index (κ1) is 13.9. The molecule has 0 amide bonds. The molecule has 2 rings (SSSR count). The van der Waals surface area contributed by atoms with Crippen molar-refractivity contribution in [2.75, 3.05) is 13.4 Å². The van der Waals surface area contributed by atoms with E-state index in [4.69, 9.17) is 4.74 Å². The Bertz CT molecular complexity index is 514. The number of aromatic nitrogens is 1. The monoisotopic (exact) mass is 274 g/mol. The van der Waals surface area contributed by atoms with E-state index in [1.807, 2.05) is 12.1 Å². The summed E-state index contributed by atoms with van der Waals surface area (Å²) in [6.45, 7) is 1.59. The molecule has 0 aliphatic rings. The van der Waals surface area contributed by atoms with E-state index in [0.717, 1.165) is 18.7 Å². The van der Waals surface area contributed by atoms with Crippen LogP contribution in [-0.2, 0) is 13.1 Å². The van der Waals surface area contributed by atoms with Crippen molar-refractivity contribution in [2.24, 2.45) is 0 Å². The molecule has 2 aromatic rings. The van der Waals surface area contributed by atoms with Crippen LogP contribution >= 0.6 is 11.8 Å². The Labute approximate surface area is 118 Å². The maximum absolute atomic E-state index is 5.22. The lowest BCUT2D eigenvalue weighted by molar-refractivity contribution is 0.390. The van der Waals surface area contributed by atoms with Gasteiger partial charge in [0.1, 0.15) is 0 Å². The van der Waals surface area contributed by atoms with Gasteiger partial charge in [0, 0.05) is 29.7 Å². The van der Waals surface area contributed by atoms with Crippen LogP contribution in [0.4, 0.5) is 0 Å². The van der Waals surface area contributed by atoms with E-state index in [-0.39, 0.29) is 0 Å². The maximum Gasteiger partial charge on any atom is 0.217 e. The molecule has 100 valence electrons. The molecule has 3 nitrogen and oxygen atoms in total. The number of methoxy groups -OCH3 is 1. The Morgan fingerprint density at radius 2 is 1.95 bits per heavy atom. The first-order valence-corrected chi connectivity index (χ1v) is 7.37. The molecule has 0 aliphatic carbocycles. The summed E-state index contributed by atoms with van der Waals surface area (Å²) in [5.74, 6) is 0.688. The van der Waals surface area contributed by atoms with Gasteiger partial charge in [-0.3, -0.25) is 0 Å². The summed E-state index contributed by atoms with van der Waals surface area (Å²) in [6.07, 6.45) is 3.82. The van der Waals surface area contributed by atoms with Gasteiger partial charge in [0.05, 0.1) is 7.11 Å². The quantitative estimate of drug-likeness (QED) is 0.821. The summed E-state index contributed by atoms with van der Waals surface area (Å²) >= 11 is 1.76. The fraction of sp³-hybridized carbons (Fsp3) is 0.267. The average Bonchev–Trinajstić information content (AvgIpc) is 2.48. The molecule has 1 aromatic carbocycles. The highest BCUT2D eigenvalue weighted by Crippen LogP contribution is 2.15. The van der Waals surface area contributed by atoms with Gasteiger partial charge in [-0.25, -0.2) is 4.98 Å². The molecule has 0 saturated heterocycles. The number of hydrogen-bond acceptors (Lipinski definition) is 4. The number of nitrogens with zero attached hydrogens (tertiary/aromatic N) is 1. The molecule has 0 radical (unpaired) electrons. The maximum atomic E-state index is 5.22. The van der Waals surface area contributed by atoms with Crippen molar-refractivity contribution in [1.29, 1.82) is 0 Å². The minimum atomic E-state index is 0.688. The Hall–Kier alpha value is -1.52. The second-order valence-electron chi connectivity index (χ2n) is 4.12. The molecule has 0 fully saturated rings. The lowest BCUT2D eigenvalue weighted by Gasteiger charge is -2.08. The normalized spacial score (nSPS) is 10.4. The standard InChI is InChI=1S/C15H18N2OS/c1-18-15-13(4-3-9-17-15)11-16-10-12-5-7-14(19-2)8-6-12/h3-9,16H,10-11H2,1-2H3. The Kier molecular flexibility index (Phi) is 5.24. The summed E-state index contributed by atoms with van der Waals surface area (Å²) in [5, 5.41) is 3.40. The highest BCUT2D eigenvalue weighted by atomic mass is 32.2. The lowest BCUT2D eigenvalue weighted by atomic mass is 10.2. The van der Waals surface area contributed by atoms with Crippen molar-refractivity contribution in [2.45, 2.75) is 18.0 Å². The molecular formula is C15H18N2OS. The van der Waals surface area contributed by atoms with Crippen molar-refractivity contribution in [1.82, 2.24) is 10.3 Å². The van der Waals surface area contributed by atoms with Crippen LogP contribution in [0.15, 0.2) is 47.5 Å². The van der Waals surface area contributed by atoms with Crippen molar-refractivity contribution >= 4 is 11.8 Å². The van der Waals surface area contributed by atoms with Crippen LogP contribution in [0.3, 0.4) is 0 Å². The van der Waals surface area contributed by atoms with Gasteiger partial charge in [-0.1, -0.05) is 18.2 Å². The minimum Gasteiger partial charge on any atom is -0.481 e. The highest BCUT2D eigenvalue weighted by Gasteiger charge is 2.02. The van der Waals surface area contributed by atoms with Crippen LogP contribution in [0.25, 0.3) is 0 Å². The lowest BCUT2D eigenvalue weighted by Crippen LogP contribution is -2.13. The van der Waals surface area contributed by atoms with Gasteiger partial charge in [0.2, 0.25) is 5.88 Å². The van der Waals surface area contributed by atoms with E-state index in [0.29, 0.717) is 5.88 Å². The van der Waals surface area contributed by atoms with Crippen LogP contribution in [0.1, 0.15) is 11.1 Å². The van der Waals surface area contributed by atoms with Gasteiger partial charge in [0.25, 0.3) is 0 Å². The first-order chi connectivity index (χ1) is 9.33. The van der Waals surface area contributed by atoms with Gasteiger partial charge < -0.3 is 10.1 Å². The van der Waals surface area contributed by atoms with E-state index >= 15 is 0 Å². The molecule has 1 heterocycles. The van der Waals surface area contributed by atoms with E-state index < -0.39 is 0 Å². The molecule has 1 aromatic heterocycles. The van der Waals surface area contributed by atoms with Crippen LogP contribution in [0.5, 0.6) is 5.88 Å². The second-order valence-corrected chi connectivity index (χ2v) is 5.00. The molecular weight excluding hydrogens is 256 g/mol. The largest absolute Gasteiger partial charge is 0.481 e. The van der Waals surface area contributed by atoms with Gasteiger partial charge in [-0.05, 0) is 30.0 Å². The van der Waals surface area contributed by atoms with E-state index in [2.05, 4.69) is 40.8 Å². The summed E-state index contributed by atoms with van der Waals surface area (Å²) in [4.78, 5) is 5.47. The number of nitrogens with one attached hydrogen (secondary N) is 1. The molecule has 0 bridgehead atoms. The Morgan fingerprint density at radius 1 is 1.16 bits per heavy atom. The smallest absolute Gasteiger partial charge is 0.217 e. The predicted molar refractivity (Wildman–Crippen MR) is 79.6 cm³/mol. The molecule has 4 heteroatoms. The Balaban J connectivity index is 1.88. The second kappa shape index (κ2) is 7.16. The van der Waals surface area contributed by atoms with Gasteiger partial charge in [0.15, 0.2) is 0 Å². The summed E-state index contributed by atoms with van der Waals surface area (Å²) in [6, 6.07) is 12.5. The fourth-order valence-electron chi connectivity index (χ4n) is 1.83. The van der Waals surface area contributed by atoms with E-state index in [1.165, 1.54) is 10.5 Å². The van der Waals surface area contributed by atoms with Crippen LogP contribution in [0.2, 0.25) is 0 Å². The molecule has 0 spiro atoms. The van der Waals surface area contributed by atoms with Gasteiger partial charge in [-0.15, -0.1) is 11.8 Å². The molecule has 19 heavy (non-hydrogen) atoms. The fourth-order valence-corrected chi connectivity index (χ4v) is 2.24. The van der Waals surface area contributed by atoms with Crippen molar-refractivity contribution in [3.05, 3.63) is 53.7 Å². The van der Waals surface area contributed by atoms with Crippen molar-refractivity contribution in [3.63, 3.8) is 0 Å². The van der Waals surface area contributed by atoms with Gasteiger partial charge in [-0.2, -0.15) is 0 Å².